The fourth-order valence-electron chi connectivity index (χ4n) is 5.73. The number of carbonyl (C=O) groups excluding carboxylic acids is 1. The molecule has 0 bridgehead atoms. The highest BCUT2D eigenvalue weighted by Crippen LogP contribution is 2.36. The average molecular weight is 444 g/mol. The molecule has 2 fully saturated rings. The molecule has 0 unspecified atom stereocenters. The molecule has 1 aliphatic carbocycles. The molecule has 0 N–H and O–H groups in total. The Labute approximate surface area is 195 Å². The first-order valence-electron chi connectivity index (χ1n) is 12.5. The minimum absolute atomic E-state index is 0.0663. The van der Waals surface area contributed by atoms with Gasteiger partial charge in [-0.15, -0.1) is 0 Å². The number of hydrogen-bond donors (Lipinski definition) is 0. The van der Waals surface area contributed by atoms with Crippen LogP contribution < -0.4 is 5.56 Å². The molecule has 2 heterocycles. The zero-order valence-corrected chi connectivity index (χ0v) is 19.3. The summed E-state index contributed by atoms with van der Waals surface area (Å²) < 4.78 is 1.84. The van der Waals surface area contributed by atoms with Crippen molar-refractivity contribution in [1.82, 2.24) is 14.5 Å². The molecular weight excluding hydrogens is 410 g/mol. The predicted octanol–water partition coefficient (Wildman–Crippen LogP) is 4.61. The Morgan fingerprint density at radius 1 is 0.909 bits per heavy atom. The largest absolute Gasteiger partial charge is 0.342 e. The second-order valence-electron chi connectivity index (χ2n) is 9.67. The molecule has 172 valence electrons. The Morgan fingerprint density at radius 2 is 1.67 bits per heavy atom. The lowest BCUT2D eigenvalue weighted by Crippen LogP contribution is -2.45. The van der Waals surface area contributed by atoms with Crippen LogP contribution in [0.25, 0.3) is 11.0 Å². The van der Waals surface area contributed by atoms with E-state index in [9.17, 15) is 9.59 Å². The number of likely N-dealkylation sites (tertiary alicyclic amines) is 1. The molecule has 0 spiro atoms. The highest BCUT2D eigenvalue weighted by atomic mass is 16.2. The lowest BCUT2D eigenvalue weighted by molar-refractivity contribution is -0.134. The highest BCUT2D eigenvalue weighted by Gasteiger charge is 2.32. The van der Waals surface area contributed by atoms with Crippen LogP contribution in [-0.2, 0) is 24.2 Å². The number of hydrogen-bond acceptors (Lipinski definition) is 3. The normalized spacial score (nSPS) is 20.5. The maximum Gasteiger partial charge on any atom is 0.272 e. The van der Waals surface area contributed by atoms with E-state index in [1.165, 1.54) is 31.2 Å². The molecule has 2 aliphatic rings. The van der Waals surface area contributed by atoms with Crippen LogP contribution in [-0.4, -0.2) is 33.4 Å². The van der Waals surface area contributed by atoms with Crippen LogP contribution in [0, 0.1) is 11.8 Å². The molecule has 0 radical (unpaired) electrons. The van der Waals surface area contributed by atoms with Crippen LogP contribution >= 0.6 is 0 Å². The van der Waals surface area contributed by atoms with Crippen molar-refractivity contribution in [2.75, 3.05) is 13.1 Å². The topological polar surface area (TPSA) is 55.2 Å². The first-order chi connectivity index (χ1) is 16.2. The van der Waals surface area contributed by atoms with E-state index in [1.807, 2.05) is 51.9 Å². The van der Waals surface area contributed by atoms with Crippen molar-refractivity contribution in [3.63, 3.8) is 0 Å². The van der Waals surface area contributed by atoms with E-state index >= 15 is 0 Å². The molecule has 2 aromatic carbocycles. The van der Waals surface area contributed by atoms with Crippen molar-refractivity contribution in [2.24, 2.45) is 11.8 Å². The Balaban J connectivity index is 1.31. The third-order valence-electron chi connectivity index (χ3n) is 7.61. The van der Waals surface area contributed by atoms with Crippen molar-refractivity contribution in [3.05, 3.63) is 76.2 Å². The minimum Gasteiger partial charge on any atom is -0.342 e. The number of amides is 1. The quantitative estimate of drug-likeness (QED) is 0.559. The molecule has 5 rings (SSSR count). The minimum atomic E-state index is -0.0663. The van der Waals surface area contributed by atoms with E-state index in [1.54, 1.807) is 0 Å². The Morgan fingerprint density at radius 3 is 2.52 bits per heavy atom. The summed E-state index contributed by atoms with van der Waals surface area (Å²) in [5.41, 5.74) is 3.31. The van der Waals surface area contributed by atoms with Crippen LogP contribution in [0.2, 0.25) is 0 Å². The summed E-state index contributed by atoms with van der Waals surface area (Å²) in [5.74, 6) is 1.65. The number of aromatic nitrogens is 2. The summed E-state index contributed by atoms with van der Waals surface area (Å²) in [7, 11) is 0. The maximum absolute atomic E-state index is 13.4. The number of piperidine rings is 1. The molecule has 5 heteroatoms. The van der Waals surface area contributed by atoms with Crippen LogP contribution in [0.5, 0.6) is 0 Å². The van der Waals surface area contributed by atoms with Crippen LogP contribution in [0.15, 0.2) is 59.4 Å². The van der Waals surface area contributed by atoms with Crippen molar-refractivity contribution in [3.8, 4) is 0 Å². The number of aryl methyl sites for hydroxylation is 3. The number of para-hydroxylation sites is 2. The Hall–Kier alpha value is -2.95. The van der Waals surface area contributed by atoms with Crippen molar-refractivity contribution in [2.45, 2.75) is 57.9 Å². The fourth-order valence-corrected chi connectivity index (χ4v) is 5.73. The van der Waals surface area contributed by atoms with E-state index in [0.29, 0.717) is 31.0 Å². The summed E-state index contributed by atoms with van der Waals surface area (Å²) >= 11 is 0. The van der Waals surface area contributed by atoms with E-state index < -0.39 is 0 Å². The van der Waals surface area contributed by atoms with Crippen molar-refractivity contribution < 1.29 is 4.79 Å². The monoisotopic (exact) mass is 443 g/mol. The number of fused-ring (bicyclic) bond motifs is 2. The van der Waals surface area contributed by atoms with Crippen molar-refractivity contribution >= 4 is 16.9 Å². The van der Waals surface area contributed by atoms with Gasteiger partial charge in [-0.1, -0.05) is 61.7 Å². The molecule has 1 saturated carbocycles. The molecular formula is C28H33N3O2. The molecule has 1 aliphatic heterocycles. The van der Waals surface area contributed by atoms with Gasteiger partial charge in [0.05, 0.1) is 11.0 Å². The standard InChI is InChI=1S/C28H33N3O2/c32-27(30-18-17-22-10-4-5-11-23(22)20-30)15-14-25-28(33)31(19-16-21-8-2-1-3-9-21)26-13-7-6-12-24(26)29-25/h1-3,6-9,12-13,22-23H,4-5,10-11,14-20H2/t22-,23+/m1/s1. The third kappa shape index (κ3) is 4.87. The zero-order chi connectivity index (χ0) is 22.6. The van der Waals surface area contributed by atoms with Gasteiger partial charge < -0.3 is 9.47 Å². The zero-order valence-electron chi connectivity index (χ0n) is 19.3. The maximum atomic E-state index is 13.4. The highest BCUT2D eigenvalue weighted by molar-refractivity contribution is 5.77. The number of carbonyl (C=O) groups is 1. The van der Waals surface area contributed by atoms with Crippen molar-refractivity contribution in [1.29, 1.82) is 0 Å². The van der Waals surface area contributed by atoms with Gasteiger partial charge in [0, 0.05) is 32.5 Å². The summed E-state index contributed by atoms with van der Waals surface area (Å²) in [5, 5.41) is 0. The van der Waals surface area contributed by atoms with E-state index in [-0.39, 0.29) is 11.5 Å². The Kier molecular flexibility index (Phi) is 6.56. The lowest BCUT2D eigenvalue weighted by Gasteiger charge is -2.41. The first-order valence-corrected chi connectivity index (χ1v) is 12.5. The van der Waals surface area contributed by atoms with Gasteiger partial charge in [-0.2, -0.15) is 0 Å². The average Bonchev–Trinajstić information content (AvgIpc) is 2.87. The molecule has 1 saturated heterocycles. The van der Waals surface area contributed by atoms with Gasteiger partial charge in [-0.05, 0) is 48.8 Å². The summed E-state index contributed by atoms with van der Waals surface area (Å²) in [6, 6.07) is 18.0. The molecule has 5 nitrogen and oxygen atoms in total. The third-order valence-corrected chi connectivity index (χ3v) is 7.61. The van der Waals surface area contributed by atoms with Crippen LogP contribution in [0.1, 0.15) is 49.8 Å². The van der Waals surface area contributed by atoms with Gasteiger partial charge in [0.2, 0.25) is 5.91 Å². The van der Waals surface area contributed by atoms with E-state index in [4.69, 9.17) is 0 Å². The van der Waals surface area contributed by atoms with Gasteiger partial charge >= 0.3 is 0 Å². The lowest BCUT2D eigenvalue weighted by atomic mass is 9.75. The summed E-state index contributed by atoms with van der Waals surface area (Å²) in [4.78, 5) is 33.1. The van der Waals surface area contributed by atoms with Gasteiger partial charge in [-0.25, -0.2) is 4.98 Å². The summed E-state index contributed by atoms with van der Waals surface area (Å²) in [6.45, 7) is 2.37. The summed E-state index contributed by atoms with van der Waals surface area (Å²) in [6.07, 6.45) is 7.91. The second-order valence-corrected chi connectivity index (χ2v) is 9.67. The Bertz CT molecular complexity index is 1170. The predicted molar refractivity (Wildman–Crippen MR) is 131 cm³/mol. The van der Waals surface area contributed by atoms with E-state index in [2.05, 4.69) is 17.1 Å². The molecule has 1 aromatic heterocycles. The number of nitrogens with zero attached hydrogens (tertiary/aromatic N) is 3. The van der Waals surface area contributed by atoms with Gasteiger partial charge in [0.15, 0.2) is 0 Å². The molecule has 2 atom stereocenters. The molecule has 1 amide bonds. The first kappa shape index (κ1) is 21.9. The SMILES string of the molecule is O=C(CCc1nc2ccccc2n(CCc2ccccc2)c1=O)N1CC[C@H]2CCCC[C@H]2C1. The van der Waals surface area contributed by atoms with Gasteiger partial charge in [0.1, 0.15) is 5.69 Å². The molecule has 33 heavy (non-hydrogen) atoms. The molecule has 3 aromatic rings. The number of rotatable bonds is 6. The fraction of sp³-hybridized carbons (Fsp3) is 0.464. The van der Waals surface area contributed by atoms with Gasteiger partial charge in [0.25, 0.3) is 5.56 Å². The van der Waals surface area contributed by atoms with E-state index in [0.717, 1.165) is 42.9 Å². The smallest absolute Gasteiger partial charge is 0.272 e. The second kappa shape index (κ2) is 9.90. The van der Waals surface area contributed by atoms with Crippen LogP contribution in [0.4, 0.5) is 0 Å². The van der Waals surface area contributed by atoms with Gasteiger partial charge in [-0.3, -0.25) is 9.59 Å². The number of benzene rings is 2. The van der Waals surface area contributed by atoms with Crippen LogP contribution in [0.3, 0.4) is 0 Å².